The molecule has 1 aromatic carbocycles. The molecule has 132 valence electrons. The van der Waals surface area contributed by atoms with Crippen LogP contribution in [-0.2, 0) is 6.54 Å². The van der Waals surface area contributed by atoms with Gasteiger partial charge in [-0.05, 0) is 36.5 Å². The van der Waals surface area contributed by atoms with Crippen LogP contribution >= 0.6 is 24.0 Å². The molecule has 0 saturated carbocycles. The number of guanidine groups is 1. The van der Waals surface area contributed by atoms with E-state index in [4.69, 9.17) is 0 Å². The Labute approximate surface area is 163 Å². The first-order chi connectivity index (χ1) is 11.3. The molecule has 0 aliphatic carbocycles. The molecule has 2 heterocycles. The summed E-state index contributed by atoms with van der Waals surface area (Å²) in [6.07, 6.45) is 7.04. The standard InChI is InChI=1S/C19H28N4.HI/c1-16-6-5-13-23(15-16)19(20-2)21-14-17-7-9-18(10-8-17)22-11-3-4-12-22;/h3-4,7-10,16H,5-6,11-15H2,1-2H3,(H,20,21);1H. The summed E-state index contributed by atoms with van der Waals surface area (Å²) in [5.41, 5.74) is 2.60. The number of halogens is 1. The fourth-order valence-electron chi connectivity index (χ4n) is 3.41. The molecule has 0 bridgehead atoms. The van der Waals surface area contributed by atoms with E-state index < -0.39 is 0 Å². The molecule has 1 atom stereocenters. The smallest absolute Gasteiger partial charge is 0.193 e. The second-order valence-electron chi connectivity index (χ2n) is 6.64. The SMILES string of the molecule is CN=C(NCc1ccc(N2CC=CC2)cc1)N1CCCC(C)C1.I. The van der Waals surface area contributed by atoms with Gasteiger partial charge in [-0.25, -0.2) is 0 Å². The van der Waals surface area contributed by atoms with Crippen molar-refractivity contribution in [1.29, 1.82) is 0 Å². The van der Waals surface area contributed by atoms with Crippen LogP contribution in [-0.4, -0.2) is 44.1 Å². The highest BCUT2D eigenvalue weighted by Gasteiger charge is 2.19. The van der Waals surface area contributed by atoms with Crippen molar-refractivity contribution in [2.75, 3.05) is 38.1 Å². The number of benzene rings is 1. The summed E-state index contributed by atoms with van der Waals surface area (Å²) in [7, 11) is 1.88. The second kappa shape index (κ2) is 9.30. The van der Waals surface area contributed by atoms with Gasteiger partial charge in [0.05, 0.1) is 0 Å². The normalized spacial score (nSPS) is 20.9. The average molecular weight is 440 g/mol. The lowest BCUT2D eigenvalue weighted by atomic mass is 10.0. The first kappa shape index (κ1) is 19.1. The number of nitrogens with zero attached hydrogens (tertiary/aromatic N) is 3. The van der Waals surface area contributed by atoms with E-state index in [1.165, 1.54) is 24.1 Å². The van der Waals surface area contributed by atoms with Crippen molar-refractivity contribution in [3.63, 3.8) is 0 Å². The van der Waals surface area contributed by atoms with Gasteiger partial charge in [0, 0.05) is 45.5 Å². The molecule has 2 aliphatic heterocycles. The number of nitrogens with one attached hydrogen (secondary N) is 1. The summed E-state index contributed by atoms with van der Waals surface area (Å²) in [6, 6.07) is 8.87. The number of likely N-dealkylation sites (tertiary alicyclic amines) is 1. The van der Waals surface area contributed by atoms with Crippen LogP contribution in [0.25, 0.3) is 0 Å². The van der Waals surface area contributed by atoms with Crippen LogP contribution in [0.15, 0.2) is 41.4 Å². The third kappa shape index (κ3) is 4.88. The molecule has 0 radical (unpaired) electrons. The van der Waals surface area contributed by atoms with Crippen LogP contribution in [0, 0.1) is 5.92 Å². The molecule has 0 amide bonds. The number of aliphatic imine (C=N–C) groups is 1. The van der Waals surface area contributed by atoms with E-state index in [-0.39, 0.29) is 24.0 Å². The van der Waals surface area contributed by atoms with Gasteiger partial charge in [0.15, 0.2) is 5.96 Å². The van der Waals surface area contributed by atoms with Gasteiger partial charge >= 0.3 is 0 Å². The van der Waals surface area contributed by atoms with Crippen molar-refractivity contribution in [2.24, 2.45) is 10.9 Å². The molecule has 1 unspecified atom stereocenters. The van der Waals surface area contributed by atoms with Gasteiger partial charge in [0.25, 0.3) is 0 Å². The van der Waals surface area contributed by atoms with Gasteiger partial charge in [-0.15, -0.1) is 24.0 Å². The summed E-state index contributed by atoms with van der Waals surface area (Å²) in [5.74, 6) is 1.79. The molecule has 0 aromatic heterocycles. The van der Waals surface area contributed by atoms with Crippen molar-refractivity contribution in [2.45, 2.75) is 26.3 Å². The lowest BCUT2D eigenvalue weighted by Crippen LogP contribution is -2.45. The van der Waals surface area contributed by atoms with Gasteiger partial charge in [-0.1, -0.05) is 31.2 Å². The Hall–Kier alpha value is -1.24. The van der Waals surface area contributed by atoms with Gasteiger partial charge < -0.3 is 15.1 Å². The zero-order valence-electron chi connectivity index (χ0n) is 14.7. The van der Waals surface area contributed by atoms with E-state index >= 15 is 0 Å². The van der Waals surface area contributed by atoms with Crippen molar-refractivity contribution in [3.8, 4) is 0 Å². The van der Waals surface area contributed by atoms with Crippen molar-refractivity contribution >= 4 is 35.6 Å². The van der Waals surface area contributed by atoms with Crippen LogP contribution in [0.2, 0.25) is 0 Å². The van der Waals surface area contributed by atoms with E-state index in [1.807, 2.05) is 7.05 Å². The highest BCUT2D eigenvalue weighted by molar-refractivity contribution is 14.0. The molecule has 1 N–H and O–H groups in total. The lowest BCUT2D eigenvalue weighted by molar-refractivity contribution is 0.266. The largest absolute Gasteiger partial charge is 0.364 e. The molecule has 4 nitrogen and oxygen atoms in total. The maximum absolute atomic E-state index is 4.46. The maximum atomic E-state index is 4.46. The van der Waals surface area contributed by atoms with Gasteiger partial charge in [-0.3, -0.25) is 4.99 Å². The fraction of sp³-hybridized carbons (Fsp3) is 0.526. The van der Waals surface area contributed by atoms with Crippen molar-refractivity contribution in [3.05, 3.63) is 42.0 Å². The minimum absolute atomic E-state index is 0. The molecule has 3 rings (SSSR count). The summed E-state index contributed by atoms with van der Waals surface area (Å²) in [4.78, 5) is 9.21. The first-order valence-corrected chi connectivity index (χ1v) is 8.71. The minimum Gasteiger partial charge on any atom is -0.364 e. The van der Waals surface area contributed by atoms with Crippen LogP contribution < -0.4 is 10.2 Å². The Morgan fingerprint density at radius 1 is 1.21 bits per heavy atom. The molecule has 1 aromatic rings. The predicted octanol–water partition coefficient (Wildman–Crippen LogP) is 3.49. The van der Waals surface area contributed by atoms with Gasteiger partial charge in [0.2, 0.25) is 0 Å². The minimum atomic E-state index is 0. The van der Waals surface area contributed by atoms with Crippen LogP contribution in [0.4, 0.5) is 5.69 Å². The molecular weight excluding hydrogens is 411 g/mol. The summed E-state index contributed by atoms with van der Waals surface area (Å²) < 4.78 is 0. The molecule has 1 fully saturated rings. The van der Waals surface area contributed by atoms with Crippen LogP contribution in [0.3, 0.4) is 0 Å². The highest BCUT2D eigenvalue weighted by atomic mass is 127. The van der Waals surface area contributed by atoms with E-state index in [1.54, 1.807) is 0 Å². The van der Waals surface area contributed by atoms with Crippen molar-refractivity contribution in [1.82, 2.24) is 10.2 Å². The molecular formula is C19H29IN4. The summed E-state index contributed by atoms with van der Waals surface area (Å²) >= 11 is 0. The number of piperidine rings is 1. The fourth-order valence-corrected chi connectivity index (χ4v) is 3.41. The number of hydrogen-bond donors (Lipinski definition) is 1. The third-order valence-corrected chi connectivity index (χ3v) is 4.74. The van der Waals surface area contributed by atoms with E-state index in [2.05, 4.69) is 63.5 Å². The topological polar surface area (TPSA) is 30.9 Å². The Bertz CT molecular complexity index is 559. The average Bonchev–Trinajstić information content (AvgIpc) is 3.11. The van der Waals surface area contributed by atoms with E-state index in [9.17, 15) is 0 Å². The third-order valence-electron chi connectivity index (χ3n) is 4.74. The summed E-state index contributed by atoms with van der Waals surface area (Å²) in [5, 5.41) is 3.51. The molecule has 2 aliphatic rings. The summed E-state index contributed by atoms with van der Waals surface area (Å²) in [6.45, 7) is 7.43. The first-order valence-electron chi connectivity index (χ1n) is 8.71. The zero-order valence-corrected chi connectivity index (χ0v) is 17.1. The number of anilines is 1. The molecule has 24 heavy (non-hydrogen) atoms. The highest BCUT2D eigenvalue weighted by Crippen LogP contribution is 2.18. The van der Waals surface area contributed by atoms with Gasteiger partial charge in [-0.2, -0.15) is 0 Å². The second-order valence-corrected chi connectivity index (χ2v) is 6.64. The Kier molecular flexibility index (Phi) is 7.40. The Morgan fingerprint density at radius 2 is 1.92 bits per heavy atom. The van der Waals surface area contributed by atoms with E-state index in [0.29, 0.717) is 0 Å². The molecule has 0 spiro atoms. The Balaban J connectivity index is 0.00000208. The number of hydrogen-bond acceptors (Lipinski definition) is 2. The monoisotopic (exact) mass is 440 g/mol. The van der Waals surface area contributed by atoms with Crippen LogP contribution in [0.5, 0.6) is 0 Å². The van der Waals surface area contributed by atoms with Crippen LogP contribution in [0.1, 0.15) is 25.3 Å². The Morgan fingerprint density at radius 3 is 2.54 bits per heavy atom. The quantitative estimate of drug-likeness (QED) is 0.338. The molecule has 5 heteroatoms. The van der Waals surface area contributed by atoms with Gasteiger partial charge in [0.1, 0.15) is 0 Å². The predicted molar refractivity (Wildman–Crippen MR) is 113 cm³/mol. The molecule has 1 saturated heterocycles. The maximum Gasteiger partial charge on any atom is 0.193 e. The van der Waals surface area contributed by atoms with Crippen molar-refractivity contribution < 1.29 is 0 Å². The van der Waals surface area contributed by atoms with E-state index in [0.717, 1.165) is 44.6 Å². The number of rotatable bonds is 3. The zero-order chi connectivity index (χ0) is 16.1. The lowest BCUT2D eigenvalue weighted by Gasteiger charge is -2.33.